The summed E-state index contributed by atoms with van der Waals surface area (Å²) in [6.45, 7) is -0.0310. The molecule has 0 fully saturated rings. The first kappa shape index (κ1) is 8.28. The molecule has 2 aromatic rings. The van der Waals surface area contributed by atoms with Crippen molar-refractivity contribution in [1.82, 2.24) is 15.0 Å². The summed E-state index contributed by atoms with van der Waals surface area (Å²) >= 11 is 1.45. The quantitative estimate of drug-likeness (QED) is 0.775. The number of hydrogen-bond donors (Lipinski definition) is 1. The third-order valence-corrected chi connectivity index (χ3v) is 2.41. The molecule has 0 bridgehead atoms. The number of nitrogens with zero attached hydrogens (tertiary/aromatic N) is 3. The molecule has 0 aromatic carbocycles. The first-order valence-corrected chi connectivity index (χ1v) is 4.60. The van der Waals surface area contributed by atoms with Gasteiger partial charge in [0.1, 0.15) is 10.7 Å². The second-order valence-electron chi connectivity index (χ2n) is 2.39. The van der Waals surface area contributed by atoms with Gasteiger partial charge in [0, 0.05) is 17.8 Å². The number of hydrogen-bond acceptors (Lipinski definition) is 5. The summed E-state index contributed by atoms with van der Waals surface area (Å²) in [4.78, 5) is 12.2. The summed E-state index contributed by atoms with van der Waals surface area (Å²) in [6, 6.07) is 0. The van der Waals surface area contributed by atoms with E-state index in [4.69, 9.17) is 5.11 Å². The molecule has 2 heterocycles. The van der Waals surface area contributed by atoms with Crippen molar-refractivity contribution in [2.75, 3.05) is 0 Å². The van der Waals surface area contributed by atoms with Crippen LogP contribution >= 0.6 is 11.3 Å². The Morgan fingerprint density at radius 3 is 2.92 bits per heavy atom. The lowest BCUT2D eigenvalue weighted by Gasteiger charge is -1.91. The Kier molecular flexibility index (Phi) is 2.29. The monoisotopic (exact) mass is 193 g/mol. The van der Waals surface area contributed by atoms with Gasteiger partial charge in [0.25, 0.3) is 0 Å². The van der Waals surface area contributed by atoms with Gasteiger partial charge in [-0.25, -0.2) is 4.98 Å². The Hall–Kier alpha value is -1.33. The maximum Gasteiger partial charge on any atom is 0.143 e. The van der Waals surface area contributed by atoms with Gasteiger partial charge in [-0.3, -0.25) is 9.97 Å². The zero-order chi connectivity index (χ0) is 9.10. The lowest BCUT2D eigenvalue weighted by Crippen LogP contribution is -1.85. The Labute approximate surface area is 78.9 Å². The molecular weight excluding hydrogens is 186 g/mol. The molecule has 0 aliphatic carbocycles. The highest BCUT2D eigenvalue weighted by molar-refractivity contribution is 7.13. The van der Waals surface area contributed by atoms with Crippen LogP contribution in [0.5, 0.6) is 0 Å². The molecule has 5 heteroatoms. The second-order valence-corrected chi connectivity index (χ2v) is 3.25. The second kappa shape index (κ2) is 3.59. The normalized spacial score (nSPS) is 10.2. The Morgan fingerprint density at radius 1 is 1.38 bits per heavy atom. The number of aromatic nitrogens is 3. The van der Waals surface area contributed by atoms with Crippen LogP contribution in [0, 0.1) is 0 Å². The molecule has 0 unspecified atom stereocenters. The predicted molar refractivity (Wildman–Crippen MR) is 49.1 cm³/mol. The van der Waals surface area contributed by atoms with Gasteiger partial charge < -0.3 is 5.11 Å². The van der Waals surface area contributed by atoms with Gasteiger partial charge in [0.2, 0.25) is 0 Å². The van der Waals surface area contributed by atoms with Crippen molar-refractivity contribution in [2.24, 2.45) is 0 Å². The molecule has 13 heavy (non-hydrogen) atoms. The van der Waals surface area contributed by atoms with Crippen LogP contribution in [-0.2, 0) is 6.61 Å². The number of aliphatic hydroxyl groups excluding tert-OH is 1. The predicted octanol–water partition coefficient (Wildman–Crippen LogP) is 1.09. The third kappa shape index (κ3) is 1.71. The summed E-state index contributed by atoms with van der Waals surface area (Å²) in [5.74, 6) is 0. The molecule has 0 aliphatic heterocycles. The van der Waals surface area contributed by atoms with E-state index in [-0.39, 0.29) is 6.61 Å². The molecule has 4 nitrogen and oxygen atoms in total. The molecule has 1 N–H and O–H groups in total. The highest BCUT2D eigenvalue weighted by Crippen LogP contribution is 2.20. The fourth-order valence-corrected chi connectivity index (χ4v) is 1.68. The van der Waals surface area contributed by atoms with Crippen molar-refractivity contribution in [3.63, 3.8) is 0 Å². The van der Waals surface area contributed by atoms with Crippen LogP contribution in [0.3, 0.4) is 0 Å². The van der Waals surface area contributed by atoms with Crippen LogP contribution < -0.4 is 0 Å². The number of rotatable bonds is 2. The molecular formula is C8H7N3OS. The van der Waals surface area contributed by atoms with Crippen LogP contribution in [0.4, 0.5) is 0 Å². The van der Waals surface area contributed by atoms with E-state index in [1.807, 2.05) is 5.38 Å². The number of aliphatic hydroxyl groups is 1. The minimum Gasteiger partial charge on any atom is -0.390 e. The zero-order valence-electron chi connectivity index (χ0n) is 6.71. The molecule has 0 amide bonds. The van der Waals surface area contributed by atoms with Crippen LogP contribution in [0.1, 0.15) is 5.69 Å². The Bertz CT molecular complexity index is 387. The minimum absolute atomic E-state index is 0.0310. The average molecular weight is 193 g/mol. The average Bonchev–Trinajstić information content (AvgIpc) is 2.67. The Morgan fingerprint density at radius 2 is 2.31 bits per heavy atom. The lowest BCUT2D eigenvalue weighted by atomic mass is 10.4. The van der Waals surface area contributed by atoms with Gasteiger partial charge in [0.15, 0.2) is 0 Å². The SMILES string of the molecule is OCc1csc(-c2cnccn2)n1. The fraction of sp³-hybridized carbons (Fsp3) is 0.125. The first-order valence-electron chi connectivity index (χ1n) is 3.72. The summed E-state index contributed by atoms with van der Waals surface area (Å²) in [7, 11) is 0. The van der Waals surface area contributed by atoms with Gasteiger partial charge in [-0.15, -0.1) is 11.3 Å². The summed E-state index contributed by atoms with van der Waals surface area (Å²) < 4.78 is 0. The van der Waals surface area contributed by atoms with Crippen LogP contribution in [-0.4, -0.2) is 20.1 Å². The van der Waals surface area contributed by atoms with E-state index in [9.17, 15) is 0 Å². The van der Waals surface area contributed by atoms with Crippen molar-refractivity contribution in [3.05, 3.63) is 29.7 Å². The Balaban J connectivity index is 2.36. The van der Waals surface area contributed by atoms with Crippen molar-refractivity contribution >= 4 is 11.3 Å². The number of thiazole rings is 1. The van der Waals surface area contributed by atoms with Crippen LogP contribution in [0.2, 0.25) is 0 Å². The van der Waals surface area contributed by atoms with E-state index in [2.05, 4.69) is 15.0 Å². The van der Waals surface area contributed by atoms with Gasteiger partial charge >= 0.3 is 0 Å². The molecule has 0 saturated carbocycles. The smallest absolute Gasteiger partial charge is 0.143 e. The van der Waals surface area contributed by atoms with Gasteiger partial charge in [-0.1, -0.05) is 0 Å². The van der Waals surface area contributed by atoms with Crippen LogP contribution in [0.15, 0.2) is 24.0 Å². The maximum atomic E-state index is 8.81. The molecule has 0 saturated heterocycles. The van der Waals surface area contributed by atoms with E-state index in [1.165, 1.54) is 11.3 Å². The standard InChI is InChI=1S/C8H7N3OS/c12-4-6-5-13-8(11-6)7-3-9-1-2-10-7/h1-3,5,12H,4H2. The van der Waals surface area contributed by atoms with Crippen molar-refractivity contribution in [1.29, 1.82) is 0 Å². The van der Waals surface area contributed by atoms with E-state index >= 15 is 0 Å². The fourth-order valence-electron chi connectivity index (χ4n) is 0.907. The topological polar surface area (TPSA) is 58.9 Å². The maximum absolute atomic E-state index is 8.81. The molecule has 0 spiro atoms. The molecule has 66 valence electrons. The molecule has 0 radical (unpaired) electrons. The van der Waals surface area contributed by atoms with Gasteiger partial charge in [0.05, 0.1) is 18.5 Å². The van der Waals surface area contributed by atoms with Crippen LogP contribution in [0.25, 0.3) is 10.7 Å². The van der Waals surface area contributed by atoms with Gasteiger partial charge in [-0.2, -0.15) is 0 Å². The first-order chi connectivity index (χ1) is 6.40. The largest absolute Gasteiger partial charge is 0.390 e. The van der Waals surface area contributed by atoms with Crippen molar-refractivity contribution < 1.29 is 5.11 Å². The summed E-state index contributed by atoms with van der Waals surface area (Å²) in [6.07, 6.45) is 4.89. The van der Waals surface area contributed by atoms with Gasteiger partial charge in [-0.05, 0) is 0 Å². The van der Waals surface area contributed by atoms with Crippen molar-refractivity contribution in [2.45, 2.75) is 6.61 Å². The molecule has 2 aromatic heterocycles. The van der Waals surface area contributed by atoms with E-state index in [1.54, 1.807) is 18.6 Å². The lowest BCUT2D eigenvalue weighted by molar-refractivity contribution is 0.278. The third-order valence-electron chi connectivity index (χ3n) is 1.50. The summed E-state index contributed by atoms with van der Waals surface area (Å²) in [5.41, 5.74) is 1.41. The summed E-state index contributed by atoms with van der Waals surface area (Å²) in [5, 5.41) is 11.4. The minimum atomic E-state index is -0.0310. The highest BCUT2D eigenvalue weighted by Gasteiger charge is 2.04. The van der Waals surface area contributed by atoms with E-state index in [0.717, 1.165) is 10.7 Å². The molecule has 0 aliphatic rings. The molecule has 0 atom stereocenters. The zero-order valence-corrected chi connectivity index (χ0v) is 7.53. The molecule has 2 rings (SSSR count). The van der Waals surface area contributed by atoms with E-state index in [0.29, 0.717) is 5.69 Å². The van der Waals surface area contributed by atoms with E-state index < -0.39 is 0 Å². The van der Waals surface area contributed by atoms with Crippen molar-refractivity contribution in [3.8, 4) is 10.7 Å². The highest BCUT2D eigenvalue weighted by atomic mass is 32.1.